The summed E-state index contributed by atoms with van der Waals surface area (Å²) in [4.78, 5) is 16.7. The van der Waals surface area contributed by atoms with Crippen LogP contribution in [0.4, 0.5) is 0 Å². The van der Waals surface area contributed by atoms with Crippen molar-refractivity contribution in [2.75, 3.05) is 33.7 Å². The molecule has 0 radical (unpaired) electrons. The molecule has 0 bridgehead atoms. The van der Waals surface area contributed by atoms with Crippen LogP contribution in [0.2, 0.25) is 0 Å². The molecule has 1 amide bonds. The van der Waals surface area contributed by atoms with E-state index in [1.54, 1.807) is 0 Å². The smallest absolute Gasteiger partial charge is 0.232 e. The van der Waals surface area contributed by atoms with E-state index >= 15 is 0 Å². The Morgan fingerprint density at radius 3 is 2.72 bits per heavy atom. The maximum atomic E-state index is 12.3. The van der Waals surface area contributed by atoms with Gasteiger partial charge in [-0.3, -0.25) is 4.79 Å². The average molecular weight is 271 g/mol. The van der Waals surface area contributed by atoms with Crippen molar-refractivity contribution in [2.24, 2.45) is 17.6 Å². The minimum Gasteiger partial charge on any atom is -0.393 e. The van der Waals surface area contributed by atoms with Gasteiger partial charge in [-0.25, -0.2) is 0 Å². The monoisotopic (exact) mass is 271 g/mol. The number of rotatable bonds is 6. The second-order valence-corrected chi connectivity index (χ2v) is 5.85. The number of amides is 1. The highest BCUT2D eigenvalue weighted by molar-refractivity contribution is 7.80. The summed E-state index contributed by atoms with van der Waals surface area (Å²) < 4.78 is 0. The molecule has 1 fully saturated rings. The third-order valence-electron chi connectivity index (χ3n) is 3.62. The molecule has 1 aliphatic heterocycles. The molecule has 18 heavy (non-hydrogen) atoms. The minimum atomic E-state index is -0.283. The molecule has 104 valence electrons. The van der Waals surface area contributed by atoms with Gasteiger partial charge in [-0.2, -0.15) is 0 Å². The van der Waals surface area contributed by atoms with E-state index in [2.05, 4.69) is 11.9 Å². The standard InChI is InChI=1S/C13H25N3OS/c1-4-5-11(12(14)18)13(17)16(3)9-10-6-7-15(2)8-10/h10-11H,4-9H2,1-3H3,(H2,14,18). The van der Waals surface area contributed by atoms with Crippen LogP contribution < -0.4 is 5.73 Å². The first-order valence-electron chi connectivity index (χ1n) is 6.68. The molecule has 2 atom stereocenters. The van der Waals surface area contributed by atoms with Crippen molar-refractivity contribution in [3.8, 4) is 0 Å². The van der Waals surface area contributed by atoms with Crippen LogP contribution in [-0.2, 0) is 4.79 Å². The minimum absolute atomic E-state index is 0.0823. The second-order valence-electron chi connectivity index (χ2n) is 5.38. The van der Waals surface area contributed by atoms with Crippen LogP contribution >= 0.6 is 12.2 Å². The normalized spacial score (nSPS) is 21.8. The molecule has 1 rings (SSSR count). The number of likely N-dealkylation sites (tertiary alicyclic amines) is 1. The third kappa shape index (κ3) is 4.21. The summed E-state index contributed by atoms with van der Waals surface area (Å²) in [5.41, 5.74) is 5.67. The van der Waals surface area contributed by atoms with E-state index in [0.29, 0.717) is 10.9 Å². The van der Waals surface area contributed by atoms with Crippen LogP contribution in [0.25, 0.3) is 0 Å². The van der Waals surface area contributed by atoms with Crippen molar-refractivity contribution < 1.29 is 4.79 Å². The molecule has 0 aromatic rings. The van der Waals surface area contributed by atoms with Crippen molar-refractivity contribution in [1.82, 2.24) is 9.80 Å². The van der Waals surface area contributed by atoms with E-state index in [4.69, 9.17) is 18.0 Å². The fraction of sp³-hybridized carbons (Fsp3) is 0.846. The molecule has 2 N–H and O–H groups in total. The van der Waals surface area contributed by atoms with Crippen LogP contribution in [0.1, 0.15) is 26.2 Å². The lowest BCUT2D eigenvalue weighted by molar-refractivity contribution is -0.132. The summed E-state index contributed by atoms with van der Waals surface area (Å²) in [6.07, 6.45) is 2.84. The zero-order valence-corrected chi connectivity index (χ0v) is 12.5. The van der Waals surface area contributed by atoms with Gasteiger partial charge in [0, 0.05) is 20.1 Å². The first kappa shape index (κ1) is 15.4. The molecule has 0 spiro atoms. The predicted molar refractivity (Wildman–Crippen MR) is 78.4 cm³/mol. The van der Waals surface area contributed by atoms with E-state index in [9.17, 15) is 4.79 Å². The van der Waals surface area contributed by atoms with E-state index in [0.717, 1.165) is 32.5 Å². The molecule has 0 aliphatic carbocycles. The van der Waals surface area contributed by atoms with Gasteiger partial charge >= 0.3 is 0 Å². The first-order valence-corrected chi connectivity index (χ1v) is 7.09. The Morgan fingerprint density at radius 1 is 1.61 bits per heavy atom. The summed E-state index contributed by atoms with van der Waals surface area (Å²) in [6, 6.07) is 0. The van der Waals surface area contributed by atoms with E-state index in [1.165, 1.54) is 6.42 Å². The average Bonchev–Trinajstić information content (AvgIpc) is 2.70. The molecule has 0 aromatic carbocycles. The molecule has 5 heteroatoms. The lowest BCUT2D eigenvalue weighted by atomic mass is 10.0. The number of carbonyl (C=O) groups is 1. The zero-order chi connectivity index (χ0) is 13.7. The molecule has 0 saturated carbocycles. The Kier molecular flexibility index (Phi) is 6.02. The molecule has 2 unspecified atom stereocenters. The maximum Gasteiger partial charge on any atom is 0.232 e. The van der Waals surface area contributed by atoms with E-state index < -0.39 is 0 Å². The van der Waals surface area contributed by atoms with Gasteiger partial charge < -0.3 is 15.5 Å². The van der Waals surface area contributed by atoms with Gasteiger partial charge in [0.15, 0.2) is 0 Å². The van der Waals surface area contributed by atoms with Gasteiger partial charge in [0.05, 0.1) is 10.9 Å². The fourth-order valence-electron chi connectivity index (χ4n) is 2.59. The quantitative estimate of drug-likeness (QED) is 0.735. The Balaban J connectivity index is 2.51. The topological polar surface area (TPSA) is 49.6 Å². The summed E-state index contributed by atoms with van der Waals surface area (Å²) >= 11 is 5.00. The maximum absolute atomic E-state index is 12.3. The number of nitrogens with zero attached hydrogens (tertiary/aromatic N) is 2. The number of thiocarbonyl (C=S) groups is 1. The molecule has 1 aliphatic rings. The number of hydrogen-bond donors (Lipinski definition) is 1. The Hall–Kier alpha value is -0.680. The molecule has 1 saturated heterocycles. The van der Waals surface area contributed by atoms with Gasteiger partial charge in [0.25, 0.3) is 0 Å². The van der Waals surface area contributed by atoms with Crippen LogP contribution in [0.3, 0.4) is 0 Å². The number of nitrogens with two attached hydrogens (primary N) is 1. The van der Waals surface area contributed by atoms with Gasteiger partial charge in [0.1, 0.15) is 0 Å². The molecular weight excluding hydrogens is 246 g/mol. The molecular formula is C13H25N3OS. The van der Waals surface area contributed by atoms with Gasteiger partial charge in [0.2, 0.25) is 5.91 Å². The third-order valence-corrected chi connectivity index (χ3v) is 3.90. The van der Waals surface area contributed by atoms with Gasteiger partial charge in [-0.05, 0) is 32.4 Å². The van der Waals surface area contributed by atoms with Crippen LogP contribution in [-0.4, -0.2) is 54.4 Å². The Morgan fingerprint density at radius 2 is 2.28 bits per heavy atom. The van der Waals surface area contributed by atoms with Crippen molar-refractivity contribution in [1.29, 1.82) is 0 Å². The first-order chi connectivity index (χ1) is 8.45. The largest absolute Gasteiger partial charge is 0.393 e. The molecule has 1 heterocycles. The fourth-order valence-corrected chi connectivity index (χ4v) is 2.81. The van der Waals surface area contributed by atoms with Crippen LogP contribution in [0.15, 0.2) is 0 Å². The highest BCUT2D eigenvalue weighted by Crippen LogP contribution is 2.17. The Bertz CT molecular complexity index is 309. The molecule has 4 nitrogen and oxygen atoms in total. The van der Waals surface area contributed by atoms with Crippen LogP contribution in [0.5, 0.6) is 0 Å². The lowest BCUT2D eigenvalue weighted by Gasteiger charge is -2.25. The summed E-state index contributed by atoms with van der Waals surface area (Å²) in [5.74, 6) is 0.380. The van der Waals surface area contributed by atoms with Crippen molar-refractivity contribution in [3.05, 3.63) is 0 Å². The summed E-state index contributed by atoms with van der Waals surface area (Å²) in [7, 11) is 3.98. The highest BCUT2D eigenvalue weighted by Gasteiger charge is 2.27. The summed E-state index contributed by atoms with van der Waals surface area (Å²) in [5, 5.41) is 0. The van der Waals surface area contributed by atoms with Crippen molar-refractivity contribution >= 4 is 23.1 Å². The van der Waals surface area contributed by atoms with Crippen molar-refractivity contribution in [2.45, 2.75) is 26.2 Å². The molecule has 0 aromatic heterocycles. The predicted octanol–water partition coefficient (Wildman–Crippen LogP) is 1.10. The zero-order valence-electron chi connectivity index (χ0n) is 11.7. The number of carbonyl (C=O) groups excluding carboxylic acids is 1. The second kappa shape index (κ2) is 7.04. The lowest BCUT2D eigenvalue weighted by Crippen LogP contribution is -2.41. The number of hydrogen-bond acceptors (Lipinski definition) is 3. The highest BCUT2D eigenvalue weighted by atomic mass is 32.1. The van der Waals surface area contributed by atoms with E-state index in [-0.39, 0.29) is 11.8 Å². The summed E-state index contributed by atoms with van der Waals surface area (Å²) in [6.45, 7) is 5.06. The van der Waals surface area contributed by atoms with Crippen LogP contribution in [0, 0.1) is 11.8 Å². The van der Waals surface area contributed by atoms with Crippen molar-refractivity contribution in [3.63, 3.8) is 0 Å². The Labute approximate surface area is 115 Å². The van der Waals surface area contributed by atoms with Gasteiger partial charge in [-0.1, -0.05) is 25.6 Å². The van der Waals surface area contributed by atoms with Gasteiger partial charge in [-0.15, -0.1) is 0 Å². The van der Waals surface area contributed by atoms with E-state index in [1.807, 2.05) is 18.9 Å². The SMILES string of the molecule is CCCC(C(=O)N(C)CC1CCN(C)C1)C(N)=S.